The molecule has 0 saturated carbocycles. The summed E-state index contributed by atoms with van der Waals surface area (Å²) in [4.78, 5) is 50.7. The van der Waals surface area contributed by atoms with Gasteiger partial charge in [-0.2, -0.15) is 8.78 Å². The standard InChI is InChI=1S/C22H15B3ClF2N3O4/c23-15-8-16(19(33)29-18(15)32)30-9-11-7-10(1-6-14(11)20(30)34)17(24)31(25)21(35)22(27,28)12-2-4-13(26)5-3-12/h1-7,15-17H,8-9H2,(H,29,32,33). The number of nitrogens with one attached hydrogen (secondary N) is 1. The molecule has 13 heteroatoms. The van der Waals surface area contributed by atoms with Crippen molar-refractivity contribution in [1.29, 1.82) is 0 Å². The molecule has 7 nitrogen and oxygen atoms in total. The topological polar surface area (TPSA) is 86.8 Å². The molecular weight excluding hydrogens is 476 g/mol. The van der Waals surface area contributed by atoms with Crippen LogP contribution in [0.15, 0.2) is 42.5 Å². The molecule has 6 radical (unpaired) electrons. The van der Waals surface area contributed by atoms with Gasteiger partial charge < -0.3 is 9.71 Å². The Bertz CT molecular complexity index is 1230. The first-order valence-electron chi connectivity index (χ1n) is 10.4. The first kappa shape index (κ1) is 25.0. The monoisotopic (exact) mass is 491 g/mol. The second kappa shape index (κ2) is 9.15. The molecule has 2 heterocycles. The van der Waals surface area contributed by atoms with Gasteiger partial charge in [-0.15, -0.1) is 0 Å². The fraction of sp³-hybridized carbons (Fsp3) is 0.273. The average Bonchev–Trinajstić information content (AvgIpc) is 3.15. The molecule has 35 heavy (non-hydrogen) atoms. The Morgan fingerprint density at radius 2 is 1.80 bits per heavy atom. The summed E-state index contributed by atoms with van der Waals surface area (Å²) in [5.74, 6) is -9.83. The molecule has 1 N–H and O–H groups in total. The van der Waals surface area contributed by atoms with Crippen molar-refractivity contribution in [3.05, 3.63) is 69.7 Å². The highest BCUT2D eigenvalue weighted by Gasteiger charge is 2.44. The lowest BCUT2D eigenvalue weighted by Crippen LogP contribution is -2.54. The van der Waals surface area contributed by atoms with E-state index in [1.165, 1.54) is 35.2 Å². The Hall–Kier alpha value is -3.14. The number of halogens is 3. The minimum absolute atomic E-state index is 0.00677. The number of nitrogens with zero attached hydrogens (tertiary/aromatic N) is 2. The number of fused-ring (bicyclic) bond motifs is 1. The van der Waals surface area contributed by atoms with Gasteiger partial charge >= 0.3 is 5.92 Å². The lowest BCUT2D eigenvalue weighted by Gasteiger charge is -2.32. The molecule has 1 saturated heterocycles. The maximum absolute atomic E-state index is 14.7. The average molecular weight is 491 g/mol. The van der Waals surface area contributed by atoms with Crippen LogP contribution in [-0.4, -0.2) is 63.1 Å². The van der Waals surface area contributed by atoms with Crippen LogP contribution in [0.4, 0.5) is 8.78 Å². The van der Waals surface area contributed by atoms with E-state index < -0.39 is 52.9 Å². The lowest BCUT2D eigenvalue weighted by molar-refractivity contribution is -0.154. The number of amides is 4. The molecule has 1 fully saturated rings. The second-order valence-corrected chi connectivity index (χ2v) is 8.74. The zero-order chi connectivity index (χ0) is 25.7. The third-order valence-corrected chi connectivity index (χ3v) is 6.30. The van der Waals surface area contributed by atoms with Crippen molar-refractivity contribution >= 4 is 58.9 Å². The van der Waals surface area contributed by atoms with Crippen molar-refractivity contribution in [2.45, 2.75) is 36.7 Å². The fourth-order valence-corrected chi connectivity index (χ4v) is 4.18. The van der Waals surface area contributed by atoms with Crippen LogP contribution in [0.2, 0.25) is 10.8 Å². The van der Waals surface area contributed by atoms with Crippen molar-refractivity contribution in [3.63, 3.8) is 0 Å². The van der Waals surface area contributed by atoms with Crippen LogP contribution in [0, 0.1) is 0 Å². The highest BCUT2D eigenvalue weighted by Crippen LogP contribution is 2.35. The molecule has 2 aromatic carbocycles. The van der Waals surface area contributed by atoms with Gasteiger partial charge in [0.25, 0.3) is 11.8 Å². The molecule has 2 aliphatic heterocycles. The fourth-order valence-electron chi connectivity index (χ4n) is 4.05. The Kier molecular flexibility index (Phi) is 6.53. The first-order valence-corrected chi connectivity index (χ1v) is 10.8. The van der Waals surface area contributed by atoms with Gasteiger partial charge in [-0.25, -0.2) is 0 Å². The number of imide groups is 1. The number of carbonyl (C=O) groups is 4. The molecule has 3 unspecified atom stereocenters. The van der Waals surface area contributed by atoms with Gasteiger partial charge in [0.15, 0.2) is 0 Å². The van der Waals surface area contributed by atoms with Gasteiger partial charge in [-0.1, -0.05) is 35.9 Å². The minimum atomic E-state index is -3.97. The van der Waals surface area contributed by atoms with E-state index in [1.807, 2.05) is 0 Å². The summed E-state index contributed by atoms with van der Waals surface area (Å²) in [5, 5.41) is 2.36. The van der Waals surface area contributed by atoms with Crippen LogP contribution in [-0.2, 0) is 26.9 Å². The molecule has 0 aromatic heterocycles. The SMILES string of the molecule is [B]C1CC(N2Cc3cc(C([B])N([B])C(=O)C(F)(F)c4ccc(Cl)cc4)ccc3C2=O)C(=O)NC1=O. The number of hydrogen-bond donors (Lipinski definition) is 1. The van der Waals surface area contributed by atoms with E-state index in [-0.39, 0.29) is 33.9 Å². The quantitative estimate of drug-likeness (QED) is 0.508. The number of hydrogen-bond acceptors (Lipinski definition) is 4. The highest BCUT2D eigenvalue weighted by atomic mass is 35.5. The van der Waals surface area contributed by atoms with E-state index >= 15 is 0 Å². The van der Waals surface area contributed by atoms with Crippen LogP contribution in [0.5, 0.6) is 0 Å². The summed E-state index contributed by atoms with van der Waals surface area (Å²) >= 11 is 5.72. The summed E-state index contributed by atoms with van der Waals surface area (Å²) in [6, 6.07) is 7.76. The number of alkyl halides is 2. The Morgan fingerprint density at radius 1 is 1.14 bits per heavy atom. The molecule has 0 spiro atoms. The number of piperidine rings is 1. The number of benzene rings is 2. The Labute approximate surface area is 208 Å². The highest BCUT2D eigenvalue weighted by molar-refractivity contribution is 6.30. The number of rotatable bonds is 5. The molecular formula is C22H15B3ClF2N3O4. The third-order valence-electron chi connectivity index (χ3n) is 6.05. The smallest absolute Gasteiger partial charge is 0.348 e. The predicted molar refractivity (Wildman–Crippen MR) is 124 cm³/mol. The summed E-state index contributed by atoms with van der Waals surface area (Å²) in [6.07, 6.45) is -0.0401. The maximum Gasteiger partial charge on any atom is 0.348 e. The third kappa shape index (κ3) is 4.47. The van der Waals surface area contributed by atoms with Gasteiger partial charge in [0.05, 0.1) is 7.85 Å². The zero-order valence-corrected chi connectivity index (χ0v) is 18.8. The van der Waals surface area contributed by atoms with Crippen molar-refractivity contribution < 1.29 is 28.0 Å². The molecule has 2 aliphatic rings. The predicted octanol–water partition coefficient (Wildman–Crippen LogP) is 1.54. The summed E-state index contributed by atoms with van der Waals surface area (Å²) in [6.45, 7) is -0.00677. The summed E-state index contributed by atoms with van der Waals surface area (Å²) < 4.78 is 29.5. The molecule has 4 rings (SSSR count). The van der Waals surface area contributed by atoms with Gasteiger partial charge in [-0.3, -0.25) is 24.5 Å². The molecule has 2 aromatic rings. The molecule has 4 amide bonds. The zero-order valence-electron chi connectivity index (χ0n) is 18.1. The lowest BCUT2D eigenvalue weighted by atomic mass is 9.78. The van der Waals surface area contributed by atoms with Crippen LogP contribution >= 0.6 is 11.6 Å². The number of carbonyl (C=O) groups excluding carboxylic acids is 4. The van der Waals surface area contributed by atoms with Crippen molar-refractivity contribution in [1.82, 2.24) is 15.0 Å². The Balaban J connectivity index is 1.53. The molecule has 0 bridgehead atoms. The summed E-state index contributed by atoms with van der Waals surface area (Å²) in [5.41, 5.74) is 0.306. The van der Waals surface area contributed by atoms with Crippen LogP contribution in [0.1, 0.15) is 39.4 Å². The van der Waals surface area contributed by atoms with Crippen LogP contribution < -0.4 is 5.32 Å². The summed E-state index contributed by atoms with van der Waals surface area (Å²) in [7, 11) is 17.4. The van der Waals surface area contributed by atoms with Gasteiger partial charge in [0.1, 0.15) is 13.9 Å². The Morgan fingerprint density at radius 3 is 2.46 bits per heavy atom. The molecule has 3 atom stereocenters. The first-order chi connectivity index (χ1) is 16.4. The van der Waals surface area contributed by atoms with E-state index in [0.29, 0.717) is 5.56 Å². The van der Waals surface area contributed by atoms with E-state index in [2.05, 4.69) is 5.32 Å². The van der Waals surface area contributed by atoms with Crippen molar-refractivity contribution in [3.8, 4) is 0 Å². The molecule has 172 valence electrons. The van der Waals surface area contributed by atoms with Gasteiger partial charge in [0.2, 0.25) is 19.8 Å². The van der Waals surface area contributed by atoms with Crippen LogP contribution in [0.25, 0.3) is 0 Å². The van der Waals surface area contributed by atoms with Crippen molar-refractivity contribution in [2.75, 3.05) is 0 Å². The van der Waals surface area contributed by atoms with E-state index in [1.54, 1.807) is 0 Å². The normalized spacial score (nSPS) is 20.9. The van der Waals surface area contributed by atoms with Crippen LogP contribution in [0.3, 0.4) is 0 Å². The minimum Gasteiger partial charge on any atom is -0.393 e. The maximum atomic E-state index is 14.7. The van der Waals surface area contributed by atoms with E-state index in [4.69, 9.17) is 35.3 Å². The largest absolute Gasteiger partial charge is 0.393 e. The molecule has 0 aliphatic carbocycles. The van der Waals surface area contributed by atoms with E-state index in [0.717, 1.165) is 12.1 Å². The van der Waals surface area contributed by atoms with Gasteiger partial charge in [-0.05, 0) is 35.7 Å². The van der Waals surface area contributed by atoms with Crippen molar-refractivity contribution in [2.24, 2.45) is 0 Å². The second-order valence-electron chi connectivity index (χ2n) is 8.30. The van der Waals surface area contributed by atoms with E-state index in [9.17, 15) is 28.0 Å². The van der Waals surface area contributed by atoms with Gasteiger partial charge in [0, 0.05) is 34.5 Å².